The summed E-state index contributed by atoms with van der Waals surface area (Å²) in [6, 6.07) is 10.5. The molecule has 0 aliphatic heterocycles. The Bertz CT molecular complexity index is 556. The summed E-state index contributed by atoms with van der Waals surface area (Å²) in [7, 11) is 1.98. The smallest absolute Gasteiger partial charge is 0.124 e. The lowest BCUT2D eigenvalue weighted by molar-refractivity contribution is 0.298. The van der Waals surface area contributed by atoms with Gasteiger partial charge in [0.1, 0.15) is 12.4 Å². The molecule has 1 atom stereocenters. The van der Waals surface area contributed by atoms with Crippen LogP contribution in [0.1, 0.15) is 30.5 Å². The van der Waals surface area contributed by atoms with Crippen molar-refractivity contribution in [3.8, 4) is 5.75 Å². The molecule has 20 heavy (non-hydrogen) atoms. The van der Waals surface area contributed by atoms with Crippen LogP contribution in [0.5, 0.6) is 5.75 Å². The number of halogens is 1. The van der Waals surface area contributed by atoms with Crippen molar-refractivity contribution in [2.45, 2.75) is 26.0 Å². The fourth-order valence-corrected chi connectivity index (χ4v) is 2.59. The van der Waals surface area contributed by atoms with Crippen molar-refractivity contribution >= 4 is 15.9 Å². The first kappa shape index (κ1) is 15.0. The number of rotatable bonds is 6. The molecular formula is C16H19BrN2O. The molecule has 1 aromatic heterocycles. The van der Waals surface area contributed by atoms with Gasteiger partial charge in [-0.3, -0.25) is 4.98 Å². The standard InChI is InChI=1S/C16H19BrN2O/c1-3-15(18-2)14-6-4-5-7-16(14)20-11-12-8-13(17)10-19-9-12/h4-10,15,18H,3,11H2,1-2H3. The SMILES string of the molecule is CCC(NC)c1ccccc1OCc1cncc(Br)c1. The Labute approximate surface area is 128 Å². The quantitative estimate of drug-likeness (QED) is 0.863. The monoisotopic (exact) mass is 334 g/mol. The summed E-state index contributed by atoms with van der Waals surface area (Å²) in [5.41, 5.74) is 2.24. The minimum Gasteiger partial charge on any atom is -0.489 e. The van der Waals surface area contributed by atoms with Crippen LogP contribution in [-0.4, -0.2) is 12.0 Å². The molecule has 0 bridgehead atoms. The minimum atomic E-state index is 0.312. The second kappa shape index (κ2) is 7.41. The summed E-state index contributed by atoms with van der Waals surface area (Å²) in [5, 5.41) is 3.32. The van der Waals surface area contributed by atoms with Gasteiger partial charge in [-0.1, -0.05) is 25.1 Å². The average Bonchev–Trinajstić information content (AvgIpc) is 2.48. The normalized spacial score (nSPS) is 12.2. The van der Waals surface area contributed by atoms with Crippen molar-refractivity contribution in [1.29, 1.82) is 0 Å². The molecular weight excluding hydrogens is 316 g/mol. The van der Waals surface area contributed by atoms with Gasteiger partial charge in [0.15, 0.2) is 0 Å². The molecule has 2 rings (SSSR count). The molecule has 0 saturated carbocycles. The summed E-state index contributed by atoms with van der Waals surface area (Å²) in [6.07, 6.45) is 4.61. The highest BCUT2D eigenvalue weighted by Gasteiger charge is 2.12. The second-order valence-corrected chi connectivity index (χ2v) is 5.50. The van der Waals surface area contributed by atoms with E-state index >= 15 is 0 Å². The molecule has 4 heteroatoms. The van der Waals surface area contributed by atoms with Crippen molar-refractivity contribution in [1.82, 2.24) is 10.3 Å². The van der Waals surface area contributed by atoms with Gasteiger partial charge in [-0.2, -0.15) is 0 Å². The third-order valence-electron chi connectivity index (χ3n) is 3.21. The van der Waals surface area contributed by atoms with Crippen LogP contribution in [0.25, 0.3) is 0 Å². The number of hydrogen-bond donors (Lipinski definition) is 1. The van der Waals surface area contributed by atoms with E-state index in [9.17, 15) is 0 Å². The van der Waals surface area contributed by atoms with Crippen LogP contribution in [0.2, 0.25) is 0 Å². The van der Waals surface area contributed by atoms with Gasteiger partial charge < -0.3 is 10.1 Å². The minimum absolute atomic E-state index is 0.312. The van der Waals surface area contributed by atoms with Gasteiger partial charge in [0.25, 0.3) is 0 Å². The Morgan fingerprint density at radius 3 is 2.80 bits per heavy atom. The molecule has 0 radical (unpaired) electrons. The zero-order valence-electron chi connectivity index (χ0n) is 11.8. The van der Waals surface area contributed by atoms with Crippen LogP contribution >= 0.6 is 15.9 Å². The van der Waals surface area contributed by atoms with Gasteiger partial charge in [-0.15, -0.1) is 0 Å². The lowest BCUT2D eigenvalue weighted by atomic mass is 10.0. The van der Waals surface area contributed by atoms with E-state index < -0.39 is 0 Å². The molecule has 106 valence electrons. The Hall–Kier alpha value is -1.39. The molecule has 1 N–H and O–H groups in total. The summed E-state index contributed by atoms with van der Waals surface area (Å²) in [4.78, 5) is 4.15. The number of nitrogens with zero attached hydrogens (tertiary/aromatic N) is 1. The lowest BCUT2D eigenvalue weighted by Crippen LogP contribution is -2.16. The summed E-state index contributed by atoms with van der Waals surface area (Å²) in [5.74, 6) is 0.925. The van der Waals surface area contributed by atoms with Gasteiger partial charge in [0.2, 0.25) is 0 Å². The van der Waals surface area contributed by atoms with E-state index in [1.807, 2.05) is 37.5 Å². The summed E-state index contributed by atoms with van der Waals surface area (Å²) >= 11 is 3.42. The number of aromatic nitrogens is 1. The maximum Gasteiger partial charge on any atom is 0.124 e. The van der Waals surface area contributed by atoms with Gasteiger partial charge in [0.05, 0.1) is 0 Å². The van der Waals surface area contributed by atoms with Crippen LogP contribution in [-0.2, 0) is 6.61 Å². The number of hydrogen-bond acceptors (Lipinski definition) is 3. The number of pyridine rings is 1. The molecule has 3 nitrogen and oxygen atoms in total. The first-order valence-corrected chi connectivity index (χ1v) is 7.52. The molecule has 0 aliphatic rings. The highest BCUT2D eigenvalue weighted by atomic mass is 79.9. The van der Waals surface area contributed by atoms with Crippen molar-refractivity contribution in [2.75, 3.05) is 7.05 Å². The Morgan fingerprint density at radius 2 is 2.10 bits per heavy atom. The summed E-state index contributed by atoms with van der Waals surface area (Å²) in [6.45, 7) is 2.68. The second-order valence-electron chi connectivity index (χ2n) is 4.59. The van der Waals surface area contributed by atoms with Crippen LogP contribution in [0, 0.1) is 0 Å². The fourth-order valence-electron chi connectivity index (χ4n) is 2.18. The van der Waals surface area contributed by atoms with E-state index in [2.05, 4.69) is 39.2 Å². The molecule has 0 aliphatic carbocycles. The van der Waals surface area contributed by atoms with E-state index in [1.165, 1.54) is 5.56 Å². The van der Waals surface area contributed by atoms with Gasteiger partial charge in [-0.25, -0.2) is 0 Å². The average molecular weight is 335 g/mol. The molecule has 1 aromatic carbocycles. The Kier molecular flexibility index (Phi) is 5.56. The highest BCUT2D eigenvalue weighted by Crippen LogP contribution is 2.27. The molecule has 1 heterocycles. The van der Waals surface area contributed by atoms with Crippen molar-refractivity contribution in [3.05, 3.63) is 58.3 Å². The van der Waals surface area contributed by atoms with E-state index in [0.717, 1.165) is 22.2 Å². The molecule has 0 spiro atoms. The van der Waals surface area contributed by atoms with E-state index in [1.54, 1.807) is 6.20 Å². The first-order chi connectivity index (χ1) is 9.74. The third kappa shape index (κ3) is 3.81. The molecule has 0 fully saturated rings. The molecule has 0 amide bonds. The first-order valence-electron chi connectivity index (χ1n) is 6.73. The fraction of sp³-hybridized carbons (Fsp3) is 0.312. The predicted molar refractivity (Wildman–Crippen MR) is 84.8 cm³/mol. The Morgan fingerprint density at radius 1 is 1.30 bits per heavy atom. The number of nitrogens with one attached hydrogen (secondary N) is 1. The molecule has 1 unspecified atom stereocenters. The Balaban J connectivity index is 2.13. The van der Waals surface area contributed by atoms with E-state index in [-0.39, 0.29) is 0 Å². The molecule has 2 aromatic rings. The van der Waals surface area contributed by atoms with Gasteiger partial charge in [0, 0.05) is 34.0 Å². The van der Waals surface area contributed by atoms with Crippen molar-refractivity contribution in [2.24, 2.45) is 0 Å². The van der Waals surface area contributed by atoms with E-state index in [4.69, 9.17) is 4.74 Å². The maximum atomic E-state index is 5.96. The molecule has 0 saturated heterocycles. The van der Waals surface area contributed by atoms with Crippen molar-refractivity contribution in [3.63, 3.8) is 0 Å². The van der Waals surface area contributed by atoms with Crippen LogP contribution in [0.15, 0.2) is 47.2 Å². The predicted octanol–water partition coefficient (Wildman–Crippen LogP) is 4.09. The number of para-hydroxylation sites is 1. The summed E-state index contributed by atoms with van der Waals surface area (Å²) < 4.78 is 6.93. The number of benzene rings is 1. The zero-order valence-corrected chi connectivity index (χ0v) is 13.4. The van der Waals surface area contributed by atoms with Crippen molar-refractivity contribution < 1.29 is 4.74 Å². The van der Waals surface area contributed by atoms with Crippen LogP contribution in [0.3, 0.4) is 0 Å². The third-order valence-corrected chi connectivity index (χ3v) is 3.64. The lowest BCUT2D eigenvalue weighted by Gasteiger charge is -2.18. The topological polar surface area (TPSA) is 34.1 Å². The maximum absolute atomic E-state index is 5.96. The van der Waals surface area contributed by atoms with Gasteiger partial charge >= 0.3 is 0 Å². The van der Waals surface area contributed by atoms with E-state index in [0.29, 0.717) is 12.6 Å². The van der Waals surface area contributed by atoms with Crippen LogP contribution < -0.4 is 10.1 Å². The largest absolute Gasteiger partial charge is 0.489 e. The number of ether oxygens (including phenoxy) is 1. The van der Waals surface area contributed by atoms with Crippen LogP contribution in [0.4, 0.5) is 0 Å². The highest BCUT2D eigenvalue weighted by molar-refractivity contribution is 9.10. The zero-order chi connectivity index (χ0) is 14.4. The van der Waals surface area contributed by atoms with Gasteiger partial charge in [-0.05, 0) is 41.5 Å².